The minimum absolute atomic E-state index is 0.0406. The molecule has 0 spiro atoms. The lowest BCUT2D eigenvalue weighted by molar-refractivity contribution is -0.0833. The fourth-order valence-electron chi connectivity index (χ4n) is 2.72. The summed E-state index contributed by atoms with van der Waals surface area (Å²) in [4.78, 5) is 0. The molecule has 6 nitrogen and oxygen atoms in total. The summed E-state index contributed by atoms with van der Waals surface area (Å²) in [7, 11) is 0. The molecule has 2 fully saturated rings. The molecule has 0 bridgehead atoms. The first-order valence-corrected chi connectivity index (χ1v) is 7.49. The van der Waals surface area contributed by atoms with E-state index >= 15 is 0 Å². The second-order valence-electron chi connectivity index (χ2n) is 6.38. The maximum atomic E-state index is 10.2. The first kappa shape index (κ1) is 16.1. The molecule has 4 N–H and O–H groups in total. The first-order valence-electron chi connectivity index (χ1n) is 7.49. The third-order valence-corrected chi connectivity index (χ3v) is 4.48. The quantitative estimate of drug-likeness (QED) is 0.498. The van der Waals surface area contributed by atoms with Crippen molar-refractivity contribution in [3.8, 4) is 0 Å². The van der Waals surface area contributed by atoms with Crippen molar-refractivity contribution in [3.63, 3.8) is 0 Å². The standard InChI is InChI=1S/C14H28N2O4/c1-13(17)3-7-19-9-11(13)15-5-6-16-12-10-20-8-4-14(12,2)18/h11-12,15-18H,3-10H2,1-2H3/t11-,12+,13-,14+. The molecule has 2 rings (SSSR count). The van der Waals surface area contributed by atoms with Crippen molar-refractivity contribution in [1.82, 2.24) is 10.6 Å². The minimum atomic E-state index is -0.711. The maximum Gasteiger partial charge on any atom is 0.0816 e. The zero-order chi connectivity index (χ0) is 14.6. The van der Waals surface area contributed by atoms with Gasteiger partial charge in [-0.3, -0.25) is 0 Å². The summed E-state index contributed by atoms with van der Waals surface area (Å²) < 4.78 is 10.8. The Morgan fingerprint density at radius 3 is 1.65 bits per heavy atom. The van der Waals surface area contributed by atoms with Gasteiger partial charge in [-0.05, 0) is 13.8 Å². The lowest BCUT2D eigenvalue weighted by Crippen LogP contribution is -2.58. The highest BCUT2D eigenvalue weighted by atomic mass is 16.5. The molecule has 2 saturated heterocycles. The Balaban J connectivity index is 1.68. The monoisotopic (exact) mass is 288 g/mol. The zero-order valence-corrected chi connectivity index (χ0v) is 12.5. The maximum absolute atomic E-state index is 10.2. The molecule has 0 aliphatic carbocycles. The Labute approximate surface area is 120 Å². The van der Waals surface area contributed by atoms with Gasteiger partial charge in [0.1, 0.15) is 0 Å². The second-order valence-corrected chi connectivity index (χ2v) is 6.38. The van der Waals surface area contributed by atoms with Gasteiger partial charge in [0.05, 0.1) is 36.5 Å². The van der Waals surface area contributed by atoms with Crippen LogP contribution in [-0.2, 0) is 9.47 Å². The Kier molecular flexibility index (Phi) is 5.39. The van der Waals surface area contributed by atoms with Crippen LogP contribution in [0, 0.1) is 0 Å². The van der Waals surface area contributed by atoms with E-state index in [0.29, 0.717) is 39.3 Å². The molecule has 118 valence electrons. The van der Waals surface area contributed by atoms with Gasteiger partial charge < -0.3 is 30.3 Å². The number of aliphatic hydroxyl groups is 2. The lowest BCUT2D eigenvalue weighted by atomic mass is 9.91. The predicted octanol–water partition coefficient (Wildman–Crippen LogP) is -0.755. The van der Waals surface area contributed by atoms with Crippen molar-refractivity contribution in [2.45, 2.75) is 50.0 Å². The highest BCUT2D eigenvalue weighted by Gasteiger charge is 2.36. The van der Waals surface area contributed by atoms with Gasteiger partial charge in [0.25, 0.3) is 0 Å². The van der Waals surface area contributed by atoms with Crippen molar-refractivity contribution >= 4 is 0 Å². The number of nitrogens with one attached hydrogen (secondary N) is 2. The fraction of sp³-hybridized carbons (Fsp3) is 1.00. The van der Waals surface area contributed by atoms with Crippen LogP contribution in [0.2, 0.25) is 0 Å². The third-order valence-electron chi connectivity index (χ3n) is 4.48. The largest absolute Gasteiger partial charge is 0.388 e. The molecule has 2 aliphatic heterocycles. The van der Waals surface area contributed by atoms with E-state index in [2.05, 4.69) is 10.6 Å². The average Bonchev–Trinajstić information content (AvgIpc) is 2.37. The SMILES string of the molecule is C[C@]1(O)CCOC[C@@H]1NCCN[C@@H]1COCC[C@@]1(C)O. The van der Waals surface area contributed by atoms with Crippen molar-refractivity contribution in [3.05, 3.63) is 0 Å². The van der Waals surface area contributed by atoms with Crippen molar-refractivity contribution in [2.75, 3.05) is 39.5 Å². The number of hydrogen-bond acceptors (Lipinski definition) is 6. The van der Waals surface area contributed by atoms with Gasteiger partial charge in [-0.2, -0.15) is 0 Å². The molecular formula is C14H28N2O4. The van der Waals surface area contributed by atoms with E-state index in [0.717, 1.165) is 13.1 Å². The molecular weight excluding hydrogens is 260 g/mol. The van der Waals surface area contributed by atoms with Crippen molar-refractivity contribution < 1.29 is 19.7 Å². The molecule has 20 heavy (non-hydrogen) atoms. The normalized spacial score (nSPS) is 42.6. The van der Waals surface area contributed by atoms with Crippen LogP contribution < -0.4 is 10.6 Å². The van der Waals surface area contributed by atoms with Crippen LogP contribution in [-0.4, -0.2) is 73.0 Å². The summed E-state index contributed by atoms with van der Waals surface area (Å²) >= 11 is 0. The molecule has 0 aromatic carbocycles. The first-order chi connectivity index (χ1) is 9.42. The minimum Gasteiger partial charge on any atom is -0.388 e. The molecule has 0 unspecified atom stereocenters. The lowest BCUT2D eigenvalue weighted by Gasteiger charge is -2.39. The van der Waals surface area contributed by atoms with E-state index in [9.17, 15) is 10.2 Å². The molecule has 4 atom stereocenters. The van der Waals surface area contributed by atoms with E-state index in [1.54, 1.807) is 0 Å². The predicted molar refractivity (Wildman–Crippen MR) is 75.7 cm³/mol. The Morgan fingerprint density at radius 2 is 1.30 bits per heavy atom. The summed E-state index contributed by atoms with van der Waals surface area (Å²) in [6.45, 7) is 7.44. The molecule has 0 radical (unpaired) electrons. The molecule has 0 aromatic heterocycles. The van der Waals surface area contributed by atoms with Crippen LogP contribution in [0.3, 0.4) is 0 Å². The molecule has 0 amide bonds. The van der Waals surface area contributed by atoms with Crippen LogP contribution in [0.4, 0.5) is 0 Å². The molecule has 2 aliphatic rings. The van der Waals surface area contributed by atoms with Gasteiger partial charge in [-0.15, -0.1) is 0 Å². The van der Waals surface area contributed by atoms with Gasteiger partial charge in [-0.1, -0.05) is 0 Å². The highest BCUT2D eigenvalue weighted by molar-refractivity contribution is 4.92. The van der Waals surface area contributed by atoms with Crippen LogP contribution in [0.25, 0.3) is 0 Å². The van der Waals surface area contributed by atoms with E-state index in [-0.39, 0.29) is 12.1 Å². The van der Waals surface area contributed by atoms with Gasteiger partial charge in [0, 0.05) is 39.1 Å². The third kappa shape index (κ3) is 4.13. The topological polar surface area (TPSA) is 83.0 Å². The molecule has 6 heteroatoms. The highest BCUT2D eigenvalue weighted by Crippen LogP contribution is 2.21. The summed E-state index contributed by atoms with van der Waals surface area (Å²) in [5.41, 5.74) is -1.42. The van der Waals surface area contributed by atoms with Crippen LogP contribution in [0.15, 0.2) is 0 Å². The van der Waals surface area contributed by atoms with E-state index in [1.807, 2.05) is 13.8 Å². The Morgan fingerprint density at radius 1 is 0.900 bits per heavy atom. The van der Waals surface area contributed by atoms with Crippen molar-refractivity contribution in [1.29, 1.82) is 0 Å². The summed E-state index contributed by atoms with van der Waals surface area (Å²) in [5, 5.41) is 27.1. The second kappa shape index (κ2) is 6.68. The summed E-state index contributed by atoms with van der Waals surface area (Å²) in [5.74, 6) is 0. The van der Waals surface area contributed by atoms with Gasteiger partial charge in [-0.25, -0.2) is 0 Å². The Hall–Kier alpha value is -0.240. The van der Waals surface area contributed by atoms with Gasteiger partial charge >= 0.3 is 0 Å². The fourth-order valence-corrected chi connectivity index (χ4v) is 2.72. The van der Waals surface area contributed by atoms with Crippen LogP contribution in [0.5, 0.6) is 0 Å². The Bertz CT molecular complexity index is 280. The summed E-state index contributed by atoms with van der Waals surface area (Å²) in [6, 6.07) is -0.0812. The zero-order valence-electron chi connectivity index (χ0n) is 12.5. The number of rotatable bonds is 5. The van der Waals surface area contributed by atoms with E-state index < -0.39 is 11.2 Å². The van der Waals surface area contributed by atoms with Gasteiger partial charge in [0.2, 0.25) is 0 Å². The van der Waals surface area contributed by atoms with Crippen LogP contribution in [0.1, 0.15) is 26.7 Å². The average molecular weight is 288 g/mol. The van der Waals surface area contributed by atoms with Gasteiger partial charge in [0.15, 0.2) is 0 Å². The smallest absolute Gasteiger partial charge is 0.0816 e. The van der Waals surface area contributed by atoms with Crippen molar-refractivity contribution in [2.24, 2.45) is 0 Å². The molecule has 2 heterocycles. The molecule has 0 saturated carbocycles. The van der Waals surface area contributed by atoms with E-state index in [1.165, 1.54) is 0 Å². The van der Waals surface area contributed by atoms with Crippen LogP contribution >= 0.6 is 0 Å². The van der Waals surface area contributed by atoms with E-state index in [4.69, 9.17) is 9.47 Å². The number of ether oxygens (including phenoxy) is 2. The molecule has 0 aromatic rings. The summed E-state index contributed by atoms with van der Waals surface area (Å²) in [6.07, 6.45) is 1.31. The number of hydrogen-bond donors (Lipinski definition) is 4.